The first kappa shape index (κ1) is 19.6. The summed E-state index contributed by atoms with van der Waals surface area (Å²) in [6, 6.07) is 15.0. The molecule has 1 aromatic heterocycles. The third-order valence-electron chi connectivity index (χ3n) is 4.09. The number of rotatable bonds is 7. The zero-order chi connectivity index (χ0) is 19.9. The highest BCUT2D eigenvalue weighted by molar-refractivity contribution is 7.14. The molecule has 28 heavy (non-hydrogen) atoms. The fraction of sp³-hybridized carbons (Fsp3) is 0.190. The van der Waals surface area contributed by atoms with Crippen LogP contribution in [0.25, 0.3) is 11.3 Å². The third-order valence-corrected chi connectivity index (χ3v) is 4.85. The second kappa shape index (κ2) is 9.14. The van der Waals surface area contributed by atoms with E-state index in [1.165, 1.54) is 18.3 Å². The Balaban J connectivity index is 1.63. The first-order valence-corrected chi connectivity index (χ1v) is 9.68. The van der Waals surface area contributed by atoms with E-state index in [-0.39, 0.29) is 11.8 Å². The number of anilines is 1. The van der Waals surface area contributed by atoms with Crippen molar-refractivity contribution in [1.29, 1.82) is 0 Å². The van der Waals surface area contributed by atoms with Crippen LogP contribution in [0.5, 0.6) is 5.75 Å². The number of ether oxygens (including phenoxy) is 1. The van der Waals surface area contributed by atoms with Crippen LogP contribution in [0.15, 0.2) is 53.9 Å². The maximum Gasteiger partial charge on any atom is 0.257 e. The smallest absolute Gasteiger partial charge is 0.257 e. The molecular formula is C21H21N3O3S. The van der Waals surface area contributed by atoms with Gasteiger partial charge in [-0.3, -0.25) is 14.9 Å². The van der Waals surface area contributed by atoms with E-state index < -0.39 is 0 Å². The monoisotopic (exact) mass is 395 g/mol. The van der Waals surface area contributed by atoms with Crippen LogP contribution in [0, 0.1) is 0 Å². The summed E-state index contributed by atoms with van der Waals surface area (Å²) in [5.41, 5.74) is 3.43. The summed E-state index contributed by atoms with van der Waals surface area (Å²) in [6.45, 7) is 2.13. The topological polar surface area (TPSA) is 80.3 Å². The van der Waals surface area contributed by atoms with E-state index in [0.29, 0.717) is 23.0 Å². The van der Waals surface area contributed by atoms with Gasteiger partial charge in [-0.15, -0.1) is 11.3 Å². The number of amides is 2. The number of aromatic nitrogens is 1. The molecule has 0 saturated heterocycles. The van der Waals surface area contributed by atoms with Gasteiger partial charge in [0.2, 0.25) is 5.91 Å². The van der Waals surface area contributed by atoms with Crippen LogP contribution in [0.4, 0.5) is 5.13 Å². The van der Waals surface area contributed by atoms with Crippen molar-refractivity contribution in [1.82, 2.24) is 10.3 Å². The molecule has 0 atom stereocenters. The Morgan fingerprint density at radius 1 is 1.14 bits per heavy atom. The van der Waals surface area contributed by atoms with Gasteiger partial charge in [0.1, 0.15) is 5.75 Å². The summed E-state index contributed by atoms with van der Waals surface area (Å²) in [5.74, 6) is 0.377. The van der Waals surface area contributed by atoms with E-state index in [9.17, 15) is 9.59 Å². The number of methoxy groups -OCH3 is 1. The van der Waals surface area contributed by atoms with Crippen LogP contribution < -0.4 is 15.4 Å². The Morgan fingerprint density at radius 2 is 1.93 bits per heavy atom. The van der Waals surface area contributed by atoms with Gasteiger partial charge in [0.25, 0.3) is 5.91 Å². The maximum atomic E-state index is 12.4. The molecule has 0 aliphatic rings. The highest BCUT2D eigenvalue weighted by Gasteiger charge is 2.11. The Bertz CT molecular complexity index is 967. The first-order valence-electron chi connectivity index (χ1n) is 8.80. The van der Waals surface area contributed by atoms with Crippen LogP contribution in [-0.4, -0.2) is 30.5 Å². The number of hydrogen-bond acceptors (Lipinski definition) is 5. The number of benzene rings is 2. The summed E-state index contributed by atoms with van der Waals surface area (Å²) < 4.78 is 5.15. The normalized spacial score (nSPS) is 10.4. The molecule has 7 heteroatoms. The van der Waals surface area contributed by atoms with Crippen molar-refractivity contribution in [2.75, 3.05) is 19.0 Å². The van der Waals surface area contributed by atoms with Gasteiger partial charge in [0.15, 0.2) is 5.13 Å². The van der Waals surface area contributed by atoms with E-state index in [0.717, 1.165) is 23.2 Å². The van der Waals surface area contributed by atoms with Crippen molar-refractivity contribution < 1.29 is 14.3 Å². The Labute approximate surface area is 167 Å². The highest BCUT2D eigenvalue weighted by atomic mass is 32.1. The second-order valence-electron chi connectivity index (χ2n) is 6.15. The number of nitrogens with one attached hydrogen (secondary N) is 2. The molecule has 2 aromatic carbocycles. The number of thiazole rings is 1. The number of hydrogen-bond donors (Lipinski definition) is 2. The molecular weight excluding hydrogens is 374 g/mol. The predicted molar refractivity (Wildman–Crippen MR) is 111 cm³/mol. The van der Waals surface area contributed by atoms with Crippen LogP contribution in [0.2, 0.25) is 0 Å². The summed E-state index contributed by atoms with van der Waals surface area (Å²) >= 11 is 1.38. The second-order valence-corrected chi connectivity index (χ2v) is 7.01. The Morgan fingerprint density at radius 3 is 2.64 bits per heavy atom. The largest absolute Gasteiger partial charge is 0.497 e. The fourth-order valence-corrected chi connectivity index (χ4v) is 3.34. The van der Waals surface area contributed by atoms with Crippen molar-refractivity contribution in [3.05, 3.63) is 65.0 Å². The zero-order valence-electron chi connectivity index (χ0n) is 15.7. The number of carbonyl (C=O) groups excluding carboxylic acids is 2. The third kappa shape index (κ3) is 5.17. The summed E-state index contributed by atoms with van der Waals surface area (Å²) in [4.78, 5) is 27.8. The molecule has 0 aliphatic heterocycles. The Hall–Kier alpha value is -3.19. The molecule has 6 nitrogen and oxygen atoms in total. The van der Waals surface area contributed by atoms with Gasteiger partial charge < -0.3 is 10.1 Å². The van der Waals surface area contributed by atoms with Crippen molar-refractivity contribution >= 4 is 28.3 Å². The lowest BCUT2D eigenvalue weighted by atomic mass is 10.1. The molecule has 1 heterocycles. The van der Waals surface area contributed by atoms with E-state index >= 15 is 0 Å². The van der Waals surface area contributed by atoms with Crippen molar-refractivity contribution in [3.63, 3.8) is 0 Å². The van der Waals surface area contributed by atoms with Gasteiger partial charge in [0, 0.05) is 30.0 Å². The highest BCUT2D eigenvalue weighted by Crippen LogP contribution is 2.26. The van der Waals surface area contributed by atoms with Gasteiger partial charge in [-0.1, -0.05) is 30.3 Å². The lowest BCUT2D eigenvalue weighted by Crippen LogP contribution is -2.22. The maximum absolute atomic E-state index is 12.4. The number of carbonyl (C=O) groups is 2. The van der Waals surface area contributed by atoms with E-state index in [2.05, 4.69) is 15.6 Å². The van der Waals surface area contributed by atoms with Gasteiger partial charge in [0.05, 0.1) is 12.8 Å². The summed E-state index contributed by atoms with van der Waals surface area (Å²) in [7, 11) is 1.56. The fourth-order valence-electron chi connectivity index (χ4n) is 2.62. The standard InChI is InChI=1S/C21H21N3O3S/c1-14(25)22-11-10-15-6-8-16(9-7-15)19-13-28-21(23-19)24-20(26)17-4-3-5-18(12-17)27-2/h3-9,12-13H,10-11H2,1-2H3,(H,22,25)(H,23,24,26). The average Bonchev–Trinajstić information content (AvgIpc) is 3.16. The molecule has 2 N–H and O–H groups in total. The zero-order valence-corrected chi connectivity index (χ0v) is 16.5. The van der Waals surface area contributed by atoms with Crippen LogP contribution in [0.1, 0.15) is 22.8 Å². The van der Waals surface area contributed by atoms with Crippen molar-refractivity contribution in [3.8, 4) is 17.0 Å². The molecule has 0 spiro atoms. The first-order chi connectivity index (χ1) is 13.5. The molecule has 0 bridgehead atoms. The number of nitrogens with zero attached hydrogens (tertiary/aromatic N) is 1. The lowest BCUT2D eigenvalue weighted by Gasteiger charge is -2.04. The van der Waals surface area contributed by atoms with Crippen LogP contribution in [-0.2, 0) is 11.2 Å². The van der Waals surface area contributed by atoms with E-state index in [1.54, 1.807) is 31.4 Å². The molecule has 0 aliphatic carbocycles. The molecule has 3 aromatic rings. The van der Waals surface area contributed by atoms with Gasteiger partial charge in [-0.05, 0) is 30.2 Å². The average molecular weight is 395 g/mol. The van der Waals surface area contributed by atoms with E-state index in [4.69, 9.17) is 4.74 Å². The molecule has 144 valence electrons. The van der Waals surface area contributed by atoms with Crippen molar-refractivity contribution in [2.45, 2.75) is 13.3 Å². The van der Waals surface area contributed by atoms with Crippen LogP contribution in [0.3, 0.4) is 0 Å². The molecule has 0 fully saturated rings. The SMILES string of the molecule is COc1cccc(C(=O)Nc2nc(-c3ccc(CCNC(C)=O)cc3)cs2)c1. The molecule has 3 rings (SSSR count). The minimum atomic E-state index is -0.229. The minimum Gasteiger partial charge on any atom is -0.497 e. The predicted octanol–water partition coefficient (Wildman–Crippen LogP) is 3.75. The van der Waals surface area contributed by atoms with Crippen LogP contribution >= 0.6 is 11.3 Å². The molecule has 0 radical (unpaired) electrons. The lowest BCUT2D eigenvalue weighted by molar-refractivity contribution is -0.118. The minimum absolute atomic E-state index is 0.0254. The van der Waals surface area contributed by atoms with Gasteiger partial charge >= 0.3 is 0 Å². The molecule has 0 saturated carbocycles. The van der Waals surface area contributed by atoms with Gasteiger partial charge in [-0.2, -0.15) is 0 Å². The van der Waals surface area contributed by atoms with Gasteiger partial charge in [-0.25, -0.2) is 4.98 Å². The van der Waals surface area contributed by atoms with Crippen molar-refractivity contribution in [2.24, 2.45) is 0 Å². The van der Waals surface area contributed by atoms with E-state index in [1.807, 2.05) is 29.6 Å². The molecule has 2 amide bonds. The summed E-state index contributed by atoms with van der Waals surface area (Å²) in [6.07, 6.45) is 0.777. The quantitative estimate of drug-likeness (QED) is 0.638. The summed E-state index contributed by atoms with van der Waals surface area (Å²) in [5, 5.41) is 8.06. The Kier molecular flexibility index (Phi) is 6.39. The molecule has 0 unspecified atom stereocenters.